The van der Waals surface area contributed by atoms with E-state index in [-0.39, 0.29) is 0 Å². The number of nitrogen functional groups attached to an aromatic ring is 1. The number of aryl methyl sites for hydroxylation is 1. The first-order chi connectivity index (χ1) is 7.69. The summed E-state index contributed by atoms with van der Waals surface area (Å²) in [5, 5.41) is 16.1. The van der Waals surface area contributed by atoms with Crippen molar-refractivity contribution in [1.29, 1.82) is 5.26 Å². The number of nitriles is 1. The summed E-state index contributed by atoms with van der Waals surface area (Å²) >= 11 is 1.37. The second-order valence-electron chi connectivity index (χ2n) is 3.17. The summed E-state index contributed by atoms with van der Waals surface area (Å²) in [6.45, 7) is 1.83. The van der Waals surface area contributed by atoms with Crippen LogP contribution in [0, 0.1) is 18.3 Å². The molecule has 0 saturated heterocycles. The fourth-order valence-corrected chi connectivity index (χ4v) is 1.96. The lowest BCUT2D eigenvalue weighted by Gasteiger charge is -2.01. The number of benzene rings is 1. The number of hydrogen-bond donors (Lipinski definition) is 2. The van der Waals surface area contributed by atoms with Crippen molar-refractivity contribution < 1.29 is 0 Å². The summed E-state index contributed by atoms with van der Waals surface area (Å²) < 4.78 is 0. The first-order valence-corrected chi connectivity index (χ1v) is 5.37. The first kappa shape index (κ1) is 10.5. The second kappa shape index (κ2) is 4.24. The molecule has 80 valence electrons. The largest absolute Gasteiger partial charge is 0.398 e. The highest BCUT2D eigenvalue weighted by Crippen LogP contribution is 2.30. The number of aromatic amines is 1. The fourth-order valence-electron chi connectivity index (χ4n) is 1.18. The number of anilines is 1. The molecule has 0 unspecified atom stereocenters. The molecule has 0 amide bonds. The van der Waals surface area contributed by atoms with Crippen LogP contribution < -0.4 is 5.73 Å². The lowest BCUT2D eigenvalue weighted by molar-refractivity contribution is 0.969. The third kappa shape index (κ3) is 2.15. The van der Waals surface area contributed by atoms with Crippen molar-refractivity contribution in [3.63, 3.8) is 0 Å². The van der Waals surface area contributed by atoms with Gasteiger partial charge >= 0.3 is 0 Å². The minimum absolute atomic E-state index is 0.549. The van der Waals surface area contributed by atoms with E-state index < -0.39 is 0 Å². The fraction of sp³-hybridized carbons (Fsp3) is 0.100. The summed E-state index contributed by atoms with van der Waals surface area (Å²) in [5.74, 6) is 0.759. The molecule has 0 radical (unpaired) electrons. The Balaban J connectivity index is 2.26. The van der Waals surface area contributed by atoms with Gasteiger partial charge in [0.05, 0.1) is 11.6 Å². The van der Waals surface area contributed by atoms with Crippen molar-refractivity contribution in [1.82, 2.24) is 15.2 Å². The Labute approximate surface area is 96.7 Å². The van der Waals surface area contributed by atoms with Gasteiger partial charge in [-0.05, 0) is 36.9 Å². The lowest BCUT2D eigenvalue weighted by atomic mass is 10.2. The molecular weight excluding hydrogens is 222 g/mol. The Hall–Kier alpha value is -2.00. The molecule has 0 fully saturated rings. The zero-order valence-corrected chi connectivity index (χ0v) is 9.38. The van der Waals surface area contributed by atoms with Crippen LogP contribution in [0.2, 0.25) is 0 Å². The second-order valence-corrected chi connectivity index (χ2v) is 4.18. The monoisotopic (exact) mass is 231 g/mol. The number of nitrogens with two attached hydrogens (primary N) is 1. The van der Waals surface area contributed by atoms with Crippen molar-refractivity contribution in [3.8, 4) is 6.07 Å². The number of nitrogens with one attached hydrogen (secondary N) is 1. The normalized spacial score (nSPS) is 10.0. The van der Waals surface area contributed by atoms with E-state index in [1.165, 1.54) is 11.8 Å². The Morgan fingerprint density at radius 3 is 2.88 bits per heavy atom. The maximum atomic E-state index is 8.70. The van der Waals surface area contributed by atoms with Crippen molar-refractivity contribution in [2.45, 2.75) is 17.0 Å². The van der Waals surface area contributed by atoms with E-state index >= 15 is 0 Å². The van der Waals surface area contributed by atoms with Gasteiger partial charge in [0.25, 0.3) is 0 Å². The van der Waals surface area contributed by atoms with Crippen molar-refractivity contribution >= 4 is 17.4 Å². The molecular formula is C10H9N5S. The number of hydrogen-bond acceptors (Lipinski definition) is 5. The van der Waals surface area contributed by atoms with Crippen LogP contribution in [0.15, 0.2) is 28.3 Å². The Morgan fingerprint density at radius 2 is 2.31 bits per heavy atom. The van der Waals surface area contributed by atoms with Crippen LogP contribution >= 0.6 is 11.8 Å². The van der Waals surface area contributed by atoms with Crippen LogP contribution in [0.5, 0.6) is 0 Å². The SMILES string of the molecule is Cc1nc(Sc2ccc(C#N)cc2N)n[nH]1. The highest BCUT2D eigenvalue weighted by molar-refractivity contribution is 7.99. The average molecular weight is 231 g/mol. The molecule has 3 N–H and O–H groups in total. The molecule has 16 heavy (non-hydrogen) atoms. The van der Waals surface area contributed by atoms with E-state index in [0.717, 1.165) is 10.7 Å². The average Bonchev–Trinajstić information content (AvgIpc) is 2.67. The van der Waals surface area contributed by atoms with Crippen LogP contribution in [0.1, 0.15) is 11.4 Å². The van der Waals surface area contributed by atoms with Crippen LogP contribution in [0.4, 0.5) is 5.69 Å². The molecule has 1 heterocycles. The molecule has 0 bridgehead atoms. The van der Waals surface area contributed by atoms with Crippen molar-refractivity contribution in [2.75, 3.05) is 5.73 Å². The van der Waals surface area contributed by atoms with Gasteiger partial charge in [-0.2, -0.15) is 5.26 Å². The lowest BCUT2D eigenvalue weighted by Crippen LogP contribution is -1.90. The van der Waals surface area contributed by atoms with Gasteiger partial charge < -0.3 is 5.73 Å². The van der Waals surface area contributed by atoms with Gasteiger partial charge in [-0.3, -0.25) is 5.10 Å². The predicted molar refractivity (Wildman–Crippen MR) is 60.8 cm³/mol. The molecule has 1 aromatic heterocycles. The van der Waals surface area contributed by atoms with Gasteiger partial charge in [-0.25, -0.2) is 4.98 Å². The van der Waals surface area contributed by atoms with Gasteiger partial charge in [0.1, 0.15) is 5.82 Å². The maximum absolute atomic E-state index is 8.70. The summed E-state index contributed by atoms with van der Waals surface area (Å²) in [6, 6.07) is 7.19. The molecule has 0 aliphatic heterocycles. The summed E-state index contributed by atoms with van der Waals surface area (Å²) in [5.41, 5.74) is 6.92. The molecule has 0 aliphatic rings. The number of H-pyrrole nitrogens is 1. The van der Waals surface area contributed by atoms with E-state index in [1.807, 2.05) is 13.0 Å². The predicted octanol–water partition coefficient (Wildman–Crippen LogP) is 1.72. The quantitative estimate of drug-likeness (QED) is 0.768. The van der Waals surface area contributed by atoms with Gasteiger partial charge in [0, 0.05) is 10.6 Å². The van der Waals surface area contributed by atoms with Crippen molar-refractivity contribution in [2.24, 2.45) is 0 Å². The van der Waals surface area contributed by atoms with E-state index in [0.29, 0.717) is 16.4 Å². The van der Waals surface area contributed by atoms with E-state index in [1.54, 1.807) is 18.2 Å². The van der Waals surface area contributed by atoms with Gasteiger partial charge in [0.2, 0.25) is 5.16 Å². The minimum atomic E-state index is 0.549. The molecule has 0 atom stereocenters. The third-order valence-electron chi connectivity index (χ3n) is 1.92. The van der Waals surface area contributed by atoms with Crippen LogP contribution in [0.3, 0.4) is 0 Å². The molecule has 0 aliphatic carbocycles. The highest BCUT2D eigenvalue weighted by atomic mass is 32.2. The third-order valence-corrected chi connectivity index (χ3v) is 2.87. The molecule has 2 rings (SSSR count). The summed E-state index contributed by atoms with van der Waals surface area (Å²) in [7, 11) is 0. The highest BCUT2D eigenvalue weighted by Gasteiger charge is 2.06. The van der Waals surface area contributed by atoms with Crippen LogP contribution in [-0.4, -0.2) is 15.2 Å². The molecule has 6 heteroatoms. The molecule has 0 spiro atoms. The first-order valence-electron chi connectivity index (χ1n) is 4.55. The minimum Gasteiger partial charge on any atom is -0.398 e. The zero-order valence-electron chi connectivity index (χ0n) is 8.56. The molecule has 5 nitrogen and oxygen atoms in total. The Morgan fingerprint density at radius 1 is 1.50 bits per heavy atom. The van der Waals surface area contributed by atoms with E-state index in [2.05, 4.69) is 15.2 Å². The number of rotatable bonds is 2. The Kier molecular flexibility index (Phi) is 2.79. The number of nitrogens with zero attached hydrogens (tertiary/aromatic N) is 3. The summed E-state index contributed by atoms with van der Waals surface area (Å²) in [4.78, 5) is 5.01. The maximum Gasteiger partial charge on any atom is 0.213 e. The number of aromatic nitrogens is 3. The van der Waals surface area contributed by atoms with Crippen molar-refractivity contribution in [3.05, 3.63) is 29.6 Å². The smallest absolute Gasteiger partial charge is 0.213 e. The molecule has 2 aromatic rings. The van der Waals surface area contributed by atoms with E-state index in [9.17, 15) is 0 Å². The Bertz CT molecular complexity index is 555. The van der Waals surface area contributed by atoms with Gasteiger partial charge in [0.15, 0.2) is 0 Å². The topological polar surface area (TPSA) is 91.4 Å². The van der Waals surface area contributed by atoms with Gasteiger partial charge in [-0.15, -0.1) is 5.10 Å². The standard InChI is InChI=1S/C10H9N5S/c1-6-13-10(15-14-6)16-9-3-2-7(5-11)4-8(9)12/h2-4H,12H2,1H3,(H,13,14,15). The van der Waals surface area contributed by atoms with Crippen LogP contribution in [0.25, 0.3) is 0 Å². The van der Waals surface area contributed by atoms with Gasteiger partial charge in [-0.1, -0.05) is 0 Å². The molecule has 1 aromatic carbocycles. The van der Waals surface area contributed by atoms with E-state index in [4.69, 9.17) is 11.0 Å². The zero-order chi connectivity index (χ0) is 11.5. The molecule has 0 saturated carbocycles. The summed E-state index contributed by atoms with van der Waals surface area (Å²) in [6.07, 6.45) is 0. The van der Waals surface area contributed by atoms with Crippen LogP contribution in [-0.2, 0) is 0 Å².